The molecule has 0 saturated heterocycles. The molecule has 0 spiro atoms. The molecule has 3 rings (SSSR count). The summed E-state index contributed by atoms with van der Waals surface area (Å²) in [6.07, 6.45) is 1.90. The van der Waals surface area contributed by atoms with Crippen molar-refractivity contribution >= 4 is 34.1 Å². The van der Waals surface area contributed by atoms with Gasteiger partial charge >= 0.3 is 0 Å². The van der Waals surface area contributed by atoms with Crippen molar-refractivity contribution in [2.75, 3.05) is 10.6 Å². The summed E-state index contributed by atoms with van der Waals surface area (Å²) in [7, 11) is 0. The van der Waals surface area contributed by atoms with Crippen LogP contribution in [0.2, 0.25) is 0 Å². The van der Waals surface area contributed by atoms with Crippen LogP contribution in [0, 0.1) is 0 Å². The highest BCUT2D eigenvalue weighted by Gasteiger charge is 2.07. The Hall–Kier alpha value is -3.08. The van der Waals surface area contributed by atoms with Gasteiger partial charge in [-0.25, -0.2) is 0 Å². The van der Waals surface area contributed by atoms with Crippen LogP contribution in [-0.4, -0.2) is 16.4 Å². The van der Waals surface area contributed by atoms with Gasteiger partial charge in [0.1, 0.15) is 6.54 Å². The maximum absolute atomic E-state index is 12.2. The van der Waals surface area contributed by atoms with E-state index in [1.54, 1.807) is 24.3 Å². The molecule has 1 heterocycles. The first-order chi connectivity index (χ1) is 11.1. The van der Waals surface area contributed by atoms with Crippen LogP contribution >= 0.6 is 0 Å². The van der Waals surface area contributed by atoms with E-state index in [-0.39, 0.29) is 18.4 Å². The van der Waals surface area contributed by atoms with Crippen molar-refractivity contribution in [2.24, 2.45) is 0 Å². The Morgan fingerprint density at radius 1 is 0.957 bits per heavy atom. The fraction of sp³-hybridized carbons (Fsp3) is 0.111. The zero-order valence-corrected chi connectivity index (χ0v) is 12.7. The molecule has 5 nitrogen and oxygen atoms in total. The van der Waals surface area contributed by atoms with Gasteiger partial charge in [-0.1, -0.05) is 24.3 Å². The largest absolute Gasteiger partial charge is 0.338 e. The van der Waals surface area contributed by atoms with E-state index < -0.39 is 0 Å². The summed E-state index contributed by atoms with van der Waals surface area (Å²) in [5, 5.41) is 6.64. The number of hydrogen-bond donors (Lipinski definition) is 2. The molecular weight excluding hydrogens is 290 g/mol. The second kappa shape index (κ2) is 6.36. The molecule has 1 aromatic heterocycles. The molecule has 23 heavy (non-hydrogen) atoms. The smallest absolute Gasteiger partial charge is 0.244 e. The minimum absolute atomic E-state index is 0.119. The van der Waals surface area contributed by atoms with E-state index >= 15 is 0 Å². The van der Waals surface area contributed by atoms with Gasteiger partial charge in [0, 0.05) is 30.0 Å². The van der Waals surface area contributed by atoms with Crippen molar-refractivity contribution < 1.29 is 9.59 Å². The molecule has 0 aliphatic heterocycles. The Morgan fingerprint density at radius 3 is 2.48 bits per heavy atom. The molecule has 0 atom stereocenters. The predicted molar refractivity (Wildman–Crippen MR) is 91.3 cm³/mol. The maximum atomic E-state index is 12.2. The van der Waals surface area contributed by atoms with Gasteiger partial charge in [-0.05, 0) is 35.7 Å². The van der Waals surface area contributed by atoms with Crippen LogP contribution in [0.4, 0.5) is 11.4 Å². The van der Waals surface area contributed by atoms with E-state index in [2.05, 4.69) is 10.6 Å². The van der Waals surface area contributed by atoms with Gasteiger partial charge in [-0.2, -0.15) is 0 Å². The van der Waals surface area contributed by atoms with Gasteiger partial charge in [-0.15, -0.1) is 0 Å². The highest BCUT2D eigenvalue weighted by atomic mass is 16.2. The SMILES string of the molecule is CC(=O)Nc1cccc(NC(=O)Cn2ccc3ccccc32)c1. The number of aromatic nitrogens is 1. The molecule has 2 aromatic carbocycles. The third-order valence-electron chi connectivity index (χ3n) is 3.46. The number of nitrogens with zero attached hydrogens (tertiary/aromatic N) is 1. The summed E-state index contributed by atoms with van der Waals surface area (Å²) >= 11 is 0. The van der Waals surface area contributed by atoms with Crippen LogP contribution < -0.4 is 10.6 Å². The average Bonchev–Trinajstić information content (AvgIpc) is 2.90. The molecule has 2 N–H and O–H groups in total. The van der Waals surface area contributed by atoms with Crippen LogP contribution in [0.3, 0.4) is 0 Å². The minimum Gasteiger partial charge on any atom is -0.338 e. The van der Waals surface area contributed by atoms with Gasteiger partial charge in [0.05, 0.1) is 0 Å². The number of anilines is 2. The molecule has 0 aliphatic rings. The summed E-state index contributed by atoms with van der Waals surface area (Å²) in [5.41, 5.74) is 2.33. The molecule has 5 heteroatoms. The molecule has 116 valence electrons. The number of para-hydroxylation sites is 1. The van der Waals surface area contributed by atoms with Gasteiger partial charge in [0.15, 0.2) is 0 Å². The number of carbonyl (C=O) groups excluding carboxylic acids is 2. The zero-order chi connectivity index (χ0) is 16.2. The first-order valence-electron chi connectivity index (χ1n) is 7.33. The molecule has 0 aliphatic carbocycles. The zero-order valence-electron chi connectivity index (χ0n) is 12.7. The van der Waals surface area contributed by atoms with Crippen LogP contribution in [0.25, 0.3) is 10.9 Å². The summed E-state index contributed by atoms with van der Waals surface area (Å²) in [4.78, 5) is 23.3. The fourth-order valence-corrected chi connectivity index (χ4v) is 2.51. The molecular formula is C18H17N3O2. The van der Waals surface area contributed by atoms with Crippen LogP contribution in [0.1, 0.15) is 6.92 Å². The number of rotatable bonds is 4. The normalized spacial score (nSPS) is 10.5. The monoisotopic (exact) mass is 307 g/mol. The van der Waals surface area contributed by atoms with Gasteiger partial charge in [0.25, 0.3) is 0 Å². The lowest BCUT2D eigenvalue weighted by Gasteiger charge is -2.09. The molecule has 0 radical (unpaired) electrons. The van der Waals surface area contributed by atoms with Gasteiger partial charge < -0.3 is 15.2 Å². The first kappa shape index (κ1) is 14.8. The Kier molecular flexibility index (Phi) is 4.10. The minimum atomic E-state index is -0.146. The van der Waals surface area contributed by atoms with Crippen LogP contribution in [-0.2, 0) is 16.1 Å². The van der Waals surface area contributed by atoms with E-state index in [9.17, 15) is 9.59 Å². The van der Waals surface area contributed by atoms with Crippen molar-refractivity contribution in [3.8, 4) is 0 Å². The number of carbonyl (C=O) groups is 2. The summed E-state index contributed by atoms with van der Waals surface area (Å²) in [6, 6.07) is 17.0. The number of nitrogens with one attached hydrogen (secondary N) is 2. The molecule has 0 unspecified atom stereocenters. The molecule has 2 amide bonds. The Morgan fingerprint density at radius 2 is 1.70 bits per heavy atom. The fourth-order valence-electron chi connectivity index (χ4n) is 2.51. The first-order valence-corrected chi connectivity index (χ1v) is 7.33. The summed E-state index contributed by atoms with van der Waals surface area (Å²) < 4.78 is 1.91. The van der Waals surface area contributed by atoms with Crippen LogP contribution in [0.5, 0.6) is 0 Å². The van der Waals surface area contributed by atoms with Crippen molar-refractivity contribution in [2.45, 2.75) is 13.5 Å². The number of fused-ring (bicyclic) bond motifs is 1. The molecule has 0 fully saturated rings. The van der Waals surface area contributed by atoms with Gasteiger partial charge in [-0.3, -0.25) is 9.59 Å². The van der Waals surface area contributed by atoms with E-state index in [1.165, 1.54) is 6.92 Å². The highest BCUT2D eigenvalue weighted by Crippen LogP contribution is 2.17. The topological polar surface area (TPSA) is 63.1 Å². The van der Waals surface area contributed by atoms with E-state index in [1.807, 2.05) is 41.1 Å². The second-order valence-electron chi connectivity index (χ2n) is 5.31. The van der Waals surface area contributed by atoms with Crippen LogP contribution in [0.15, 0.2) is 60.8 Å². The number of amides is 2. The lowest BCUT2D eigenvalue weighted by molar-refractivity contribution is -0.116. The molecule has 0 saturated carbocycles. The van der Waals surface area contributed by atoms with Crippen molar-refractivity contribution in [3.05, 3.63) is 60.8 Å². The standard InChI is InChI=1S/C18H17N3O2/c1-13(22)19-15-6-4-7-16(11-15)20-18(23)12-21-10-9-14-5-2-3-8-17(14)21/h2-11H,12H2,1H3,(H,19,22)(H,20,23). The van der Waals surface area contributed by atoms with E-state index in [0.29, 0.717) is 11.4 Å². The summed E-state index contributed by atoms with van der Waals surface area (Å²) in [5.74, 6) is -0.265. The third-order valence-corrected chi connectivity index (χ3v) is 3.46. The van der Waals surface area contributed by atoms with Crippen molar-refractivity contribution in [3.63, 3.8) is 0 Å². The summed E-state index contributed by atoms with van der Waals surface area (Å²) in [6.45, 7) is 1.68. The number of benzene rings is 2. The lowest BCUT2D eigenvalue weighted by Crippen LogP contribution is -2.18. The Labute approximate surface area is 133 Å². The number of hydrogen-bond acceptors (Lipinski definition) is 2. The van der Waals surface area contributed by atoms with Gasteiger partial charge in [0.2, 0.25) is 11.8 Å². The molecule has 0 bridgehead atoms. The second-order valence-corrected chi connectivity index (χ2v) is 5.31. The molecule has 3 aromatic rings. The Balaban J connectivity index is 1.71. The lowest BCUT2D eigenvalue weighted by atomic mass is 10.2. The quantitative estimate of drug-likeness (QED) is 0.777. The van der Waals surface area contributed by atoms with E-state index in [4.69, 9.17) is 0 Å². The van der Waals surface area contributed by atoms with Crippen molar-refractivity contribution in [1.29, 1.82) is 0 Å². The van der Waals surface area contributed by atoms with Crippen molar-refractivity contribution in [1.82, 2.24) is 4.57 Å². The van der Waals surface area contributed by atoms with E-state index in [0.717, 1.165) is 10.9 Å². The maximum Gasteiger partial charge on any atom is 0.244 e. The Bertz CT molecular complexity index is 867. The predicted octanol–water partition coefficient (Wildman–Crippen LogP) is 3.24. The highest BCUT2D eigenvalue weighted by molar-refractivity contribution is 5.94. The third kappa shape index (κ3) is 3.58. The average molecular weight is 307 g/mol.